The zero-order valence-corrected chi connectivity index (χ0v) is 17.5. The van der Waals surface area contributed by atoms with Gasteiger partial charge in [-0.05, 0) is 24.1 Å². The fourth-order valence-electron chi connectivity index (χ4n) is 2.74. The van der Waals surface area contributed by atoms with Crippen molar-refractivity contribution in [3.63, 3.8) is 0 Å². The van der Waals surface area contributed by atoms with E-state index in [0.717, 1.165) is 17.1 Å². The molecule has 0 aliphatic carbocycles. The summed E-state index contributed by atoms with van der Waals surface area (Å²) in [6.45, 7) is 1.32. The van der Waals surface area contributed by atoms with E-state index in [-0.39, 0.29) is 16.5 Å². The Morgan fingerprint density at radius 2 is 2.00 bits per heavy atom. The van der Waals surface area contributed by atoms with Crippen LogP contribution in [0.25, 0.3) is 0 Å². The predicted molar refractivity (Wildman–Crippen MR) is 109 cm³/mol. The molecule has 2 aromatic rings. The SMILES string of the molecule is O=C(NCCc1cccc(Cl)c1Cl)c1cc(S(=O)(=O)N2CCSCC2)c[nH]1. The largest absolute Gasteiger partial charge is 0.356 e. The van der Waals surface area contributed by atoms with E-state index in [2.05, 4.69) is 10.3 Å². The van der Waals surface area contributed by atoms with Crippen molar-refractivity contribution in [2.75, 3.05) is 31.1 Å². The molecule has 0 radical (unpaired) electrons. The lowest BCUT2D eigenvalue weighted by Gasteiger charge is -2.24. The summed E-state index contributed by atoms with van der Waals surface area (Å²) in [4.78, 5) is 15.1. The predicted octanol–water partition coefficient (Wildman–Crippen LogP) is 3.03. The second-order valence-corrected chi connectivity index (χ2v) is 9.93. The van der Waals surface area contributed by atoms with Gasteiger partial charge in [-0.15, -0.1) is 0 Å². The molecule has 1 aliphatic heterocycles. The molecule has 1 fully saturated rings. The number of benzene rings is 1. The molecule has 1 aromatic carbocycles. The molecule has 10 heteroatoms. The van der Waals surface area contributed by atoms with Gasteiger partial charge in [-0.3, -0.25) is 4.79 Å². The molecule has 1 aromatic heterocycles. The van der Waals surface area contributed by atoms with Crippen LogP contribution in [0.2, 0.25) is 10.0 Å². The van der Waals surface area contributed by atoms with Crippen LogP contribution in [0.15, 0.2) is 35.4 Å². The summed E-state index contributed by atoms with van der Waals surface area (Å²) in [5, 5.41) is 3.70. The third kappa shape index (κ3) is 4.81. The van der Waals surface area contributed by atoms with Crippen molar-refractivity contribution in [3.05, 3.63) is 51.8 Å². The van der Waals surface area contributed by atoms with Crippen LogP contribution >= 0.6 is 35.0 Å². The van der Waals surface area contributed by atoms with Crippen LogP contribution in [0.4, 0.5) is 0 Å². The molecule has 2 heterocycles. The Hall–Kier alpha value is -1.19. The molecule has 146 valence electrons. The number of hydrogen-bond acceptors (Lipinski definition) is 4. The smallest absolute Gasteiger partial charge is 0.267 e. The van der Waals surface area contributed by atoms with E-state index >= 15 is 0 Å². The molecule has 0 spiro atoms. The minimum Gasteiger partial charge on any atom is -0.356 e. The lowest BCUT2D eigenvalue weighted by Crippen LogP contribution is -2.37. The minimum absolute atomic E-state index is 0.109. The highest BCUT2D eigenvalue weighted by Crippen LogP contribution is 2.25. The van der Waals surface area contributed by atoms with Gasteiger partial charge in [-0.2, -0.15) is 16.1 Å². The molecule has 1 amide bonds. The number of amides is 1. The first kappa shape index (κ1) is 20.5. The summed E-state index contributed by atoms with van der Waals surface area (Å²) in [6.07, 6.45) is 1.88. The molecule has 6 nitrogen and oxygen atoms in total. The van der Waals surface area contributed by atoms with Crippen molar-refractivity contribution in [1.29, 1.82) is 0 Å². The van der Waals surface area contributed by atoms with E-state index in [9.17, 15) is 13.2 Å². The lowest BCUT2D eigenvalue weighted by atomic mass is 10.1. The first-order chi connectivity index (χ1) is 12.9. The van der Waals surface area contributed by atoms with Gasteiger partial charge in [0.2, 0.25) is 10.0 Å². The van der Waals surface area contributed by atoms with E-state index in [1.165, 1.54) is 16.6 Å². The Labute approximate surface area is 172 Å². The number of sulfonamides is 1. The number of carbonyl (C=O) groups is 1. The number of nitrogens with one attached hydrogen (secondary N) is 2. The van der Waals surface area contributed by atoms with Crippen molar-refractivity contribution >= 4 is 50.9 Å². The average Bonchev–Trinajstić information content (AvgIpc) is 3.17. The van der Waals surface area contributed by atoms with Crippen LogP contribution in [0, 0.1) is 0 Å². The number of aromatic nitrogens is 1. The van der Waals surface area contributed by atoms with Gasteiger partial charge in [0, 0.05) is 37.3 Å². The second kappa shape index (κ2) is 8.87. The summed E-state index contributed by atoms with van der Waals surface area (Å²) in [6, 6.07) is 6.72. The third-order valence-electron chi connectivity index (χ3n) is 4.22. The van der Waals surface area contributed by atoms with E-state index in [0.29, 0.717) is 36.1 Å². The van der Waals surface area contributed by atoms with E-state index in [1.54, 1.807) is 23.9 Å². The van der Waals surface area contributed by atoms with E-state index in [1.807, 2.05) is 6.07 Å². The number of aromatic amines is 1. The number of carbonyl (C=O) groups excluding carboxylic acids is 1. The van der Waals surface area contributed by atoms with Gasteiger partial charge < -0.3 is 10.3 Å². The molecule has 0 saturated carbocycles. The highest BCUT2D eigenvalue weighted by atomic mass is 35.5. The van der Waals surface area contributed by atoms with Crippen molar-refractivity contribution in [2.24, 2.45) is 0 Å². The molecule has 0 atom stereocenters. The topological polar surface area (TPSA) is 82.3 Å². The zero-order valence-electron chi connectivity index (χ0n) is 14.4. The molecule has 1 saturated heterocycles. The second-order valence-electron chi connectivity index (χ2n) is 5.98. The summed E-state index contributed by atoms with van der Waals surface area (Å²) in [5.74, 6) is 1.19. The fraction of sp³-hybridized carbons (Fsp3) is 0.353. The quantitative estimate of drug-likeness (QED) is 0.712. The number of rotatable bonds is 6. The van der Waals surface area contributed by atoms with Gasteiger partial charge >= 0.3 is 0 Å². The van der Waals surface area contributed by atoms with Gasteiger partial charge in [-0.25, -0.2) is 8.42 Å². The fourth-order valence-corrected chi connectivity index (χ4v) is 5.72. The highest BCUT2D eigenvalue weighted by Gasteiger charge is 2.27. The normalized spacial score (nSPS) is 15.6. The summed E-state index contributed by atoms with van der Waals surface area (Å²) in [5.41, 5.74) is 1.04. The first-order valence-electron chi connectivity index (χ1n) is 8.37. The third-order valence-corrected chi connectivity index (χ3v) is 7.90. The van der Waals surface area contributed by atoms with Gasteiger partial charge in [0.05, 0.1) is 10.0 Å². The van der Waals surface area contributed by atoms with Crippen LogP contribution < -0.4 is 5.32 Å². The number of nitrogens with zero attached hydrogens (tertiary/aromatic N) is 1. The molecule has 3 rings (SSSR count). The summed E-state index contributed by atoms with van der Waals surface area (Å²) >= 11 is 13.8. The Kier molecular flexibility index (Phi) is 6.75. The molecule has 0 unspecified atom stereocenters. The van der Waals surface area contributed by atoms with Gasteiger partial charge in [0.1, 0.15) is 10.6 Å². The van der Waals surface area contributed by atoms with Gasteiger partial charge in [0.25, 0.3) is 5.91 Å². The van der Waals surface area contributed by atoms with Gasteiger partial charge in [0.15, 0.2) is 0 Å². The Bertz CT molecular complexity index is 925. The first-order valence-corrected chi connectivity index (χ1v) is 11.7. The van der Waals surface area contributed by atoms with E-state index < -0.39 is 10.0 Å². The van der Waals surface area contributed by atoms with Crippen LogP contribution in [0.3, 0.4) is 0 Å². The molecular formula is C17H19Cl2N3O3S2. The van der Waals surface area contributed by atoms with Crippen molar-refractivity contribution in [2.45, 2.75) is 11.3 Å². The number of thioether (sulfide) groups is 1. The monoisotopic (exact) mass is 447 g/mol. The molecular weight excluding hydrogens is 429 g/mol. The van der Waals surface area contributed by atoms with E-state index in [4.69, 9.17) is 23.2 Å². The molecule has 2 N–H and O–H groups in total. The minimum atomic E-state index is -3.57. The molecule has 27 heavy (non-hydrogen) atoms. The lowest BCUT2D eigenvalue weighted by molar-refractivity contribution is 0.0949. The Morgan fingerprint density at radius 1 is 1.26 bits per heavy atom. The number of H-pyrrole nitrogens is 1. The van der Waals surface area contributed by atoms with Crippen molar-refractivity contribution in [1.82, 2.24) is 14.6 Å². The Balaban J connectivity index is 1.60. The Morgan fingerprint density at radius 3 is 2.74 bits per heavy atom. The maximum absolute atomic E-state index is 12.6. The summed E-state index contributed by atoms with van der Waals surface area (Å²) in [7, 11) is -3.57. The van der Waals surface area contributed by atoms with Crippen LogP contribution in [-0.4, -0.2) is 54.8 Å². The number of hydrogen-bond donors (Lipinski definition) is 2. The molecule has 1 aliphatic rings. The maximum atomic E-state index is 12.6. The zero-order chi connectivity index (χ0) is 19.4. The van der Waals surface area contributed by atoms with Crippen LogP contribution in [0.1, 0.15) is 16.1 Å². The maximum Gasteiger partial charge on any atom is 0.267 e. The summed E-state index contributed by atoms with van der Waals surface area (Å²) < 4.78 is 26.7. The standard InChI is InChI=1S/C17H19Cl2N3O3S2/c18-14-3-1-2-12(16(14)19)4-5-20-17(23)15-10-13(11-21-15)27(24,25)22-6-8-26-9-7-22/h1-3,10-11,21H,4-9H2,(H,20,23). The van der Waals surface area contributed by atoms with Crippen LogP contribution in [0.5, 0.6) is 0 Å². The average molecular weight is 448 g/mol. The van der Waals surface area contributed by atoms with Gasteiger partial charge in [-0.1, -0.05) is 35.3 Å². The van der Waals surface area contributed by atoms with Crippen LogP contribution in [-0.2, 0) is 16.4 Å². The highest BCUT2D eigenvalue weighted by molar-refractivity contribution is 7.99. The van der Waals surface area contributed by atoms with Crippen molar-refractivity contribution < 1.29 is 13.2 Å². The number of halogens is 2. The molecule has 0 bridgehead atoms. The van der Waals surface area contributed by atoms with Crippen molar-refractivity contribution in [3.8, 4) is 0 Å².